The van der Waals surface area contributed by atoms with Gasteiger partial charge in [-0.2, -0.15) is 0 Å². The van der Waals surface area contributed by atoms with Crippen molar-refractivity contribution >= 4 is 24.8 Å². The van der Waals surface area contributed by atoms with E-state index in [9.17, 15) is 4.79 Å². The van der Waals surface area contributed by atoms with E-state index < -0.39 is 8.07 Å². The van der Waals surface area contributed by atoms with Crippen LogP contribution in [0.5, 0.6) is 0 Å². The van der Waals surface area contributed by atoms with Crippen LogP contribution >= 0.6 is 0 Å². The second-order valence-electron chi connectivity index (χ2n) is 7.40. The summed E-state index contributed by atoms with van der Waals surface area (Å²) in [5, 5.41) is 0. The zero-order chi connectivity index (χ0) is 16.2. The number of carbonyl (C=O) groups is 1. The molecule has 1 aliphatic carbocycles. The number of Topliss-reactive ketones (excluding diaryl/α,β-unsaturated/α-hetero) is 1. The van der Waals surface area contributed by atoms with Crippen LogP contribution in [0, 0.1) is 0 Å². The largest absolute Gasteiger partial charge is 1.00 e. The summed E-state index contributed by atoms with van der Waals surface area (Å²) in [6, 6.07) is 9.88. The lowest BCUT2D eigenvalue weighted by Gasteiger charge is -2.25. The van der Waals surface area contributed by atoms with Gasteiger partial charge in [0.25, 0.3) is 0 Å². The summed E-state index contributed by atoms with van der Waals surface area (Å²) >= 11 is 0. The highest BCUT2D eigenvalue weighted by Gasteiger charge is 2.44. The SMILES string of the molecule is C[S+](CC=C1CCCC1)C(C(=O)c1ccccc1)[Si](C)(C)C.[Cl-]. The molecule has 0 N–H and O–H groups in total. The lowest BCUT2D eigenvalue weighted by Crippen LogP contribution is -3.00. The van der Waals surface area contributed by atoms with E-state index in [1.165, 1.54) is 25.7 Å². The van der Waals surface area contributed by atoms with Gasteiger partial charge in [0, 0.05) is 5.56 Å². The van der Waals surface area contributed by atoms with Gasteiger partial charge in [-0.1, -0.05) is 55.5 Å². The molecule has 1 nitrogen and oxygen atoms in total. The topological polar surface area (TPSA) is 17.1 Å². The number of rotatable bonds is 6. The smallest absolute Gasteiger partial charge is 0.210 e. The van der Waals surface area contributed by atoms with Crippen molar-refractivity contribution in [3.63, 3.8) is 0 Å². The summed E-state index contributed by atoms with van der Waals surface area (Å²) in [7, 11) is -1.41. The predicted molar refractivity (Wildman–Crippen MR) is 103 cm³/mol. The van der Waals surface area contributed by atoms with Gasteiger partial charge in [0.15, 0.2) is 4.87 Å². The number of allylic oxidation sites excluding steroid dienone is 1. The third kappa shape index (κ3) is 5.81. The highest BCUT2D eigenvalue weighted by atomic mass is 35.5. The number of benzene rings is 1. The molecule has 1 aliphatic rings. The summed E-state index contributed by atoms with van der Waals surface area (Å²) in [4.78, 5) is 13.3. The monoisotopic (exact) mass is 368 g/mol. The van der Waals surface area contributed by atoms with Gasteiger partial charge in [-0.25, -0.2) is 0 Å². The average Bonchev–Trinajstić information content (AvgIpc) is 2.98. The van der Waals surface area contributed by atoms with Gasteiger partial charge in [0.05, 0.1) is 6.26 Å². The van der Waals surface area contributed by atoms with Gasteiger partial charge in [0.1, 0.15) is 13.8 Å². The van der Waals surface area contributed by atoms with Crippen LogP contribution in [-0.4, -0.2) is 30.7 Å². The molecule has 128 valence electrons. The van der Waals surface area contributed by atoms with Crippen molar-refractivity contribution < 1.29 is 17.2 Å². The minimum Gasteiger partial charge on any atom is -1.00 e. The maximum Gasteiger partial charge on any atom is 0.210 e. The van der Waals surface area contributed by atoms with Crippen LogP contribution in [0.2, 0.25) is 19.6 Å². The minimum absolute atomic E-state index is 0. The first-order valence-corrected chi connectivity index (χ1v) is 13.7. The summed E-state index contributed by atoms with van der Waals surface area (Å²) in [5.41, 5.74) is 2.52. The molecule has 1 aromatic carbocycles. The zero-order valence-electron chi connectivity index (χ0n) is 14.8. The molecule has 2 unspecified atom stereocenters. The van der Waals surface area contributed by atoms with E-state index in [1.807, 2.05) is 30.3 Å². The lowest BCUT2D eigenvalue weighted by atomic mass is 10.1. The first-order valence-electron chi connectivity index (χ1n) is 8.28. The molecule has 23 heavy (non-hydrogen) atoms. The molecular weight excluding hydrogens is 340 g/mol. The van der Waals surface area contributed by atoms with Crippen molar-refractivity contribution in [1.29, 1.82) is 0 Å². The molecule has 2 rings (SSSR count). The molecule has 0 spiro atoms. The van der Waals surface area contributed by atoms with Gasteiger partial charge >= 0.3 is 0 Å². The van der Waals surface area contributed by atoms with E-state index >= 15 is 0 Å². The van der Waals surface area contributed by atoms with Crippen LogP contribution in [0.25, 0.3) is 0 Å². The van der Waals surface area contributed by atoms with Crippen LogP contribution in [0.3, 0.4) is 0 Å². The lowest BCUT2D eigenvalue weighted by molar-refractivity contribution is -0.0000129. The molecule has 1 fully saturated rings. The molecule has 4 heteroatoms. The Kier molecular flexibility index (Phi) is 8.12. The van der Waals surface area contributed by atoms with E-state index in [2.05, 4.69) is 32.0 Å². The Morgan fingerprint density at radius 3 is 2.26 bits per heavy atom. The number of ketones is 1. The highest BCUT2D eigenvalue weighted by molar-refractivity contribution is 7.99. The Bertz CT molecular complexity index is 528. The number of carbonyl (C=O) groups excluding carboxylic acids is 1. The summed E-state index contributed by atoms with van der Waals surface area (Å²) < 4.78 is 0. The molecule has 1 saturated carbocycles. The Morgan fingerprint density at radius 2 is 1.74 bits per heavy atom. The quantitative estimate of drug-likeness (QED) is 0.324. The van der Waals surface area contributed by atoms with Crippen LogP contribution in [0.4, 0.5) is 0 Å². The van der Waals surface area contributed by atoms with Gasteiger partial charge in [-0.05, 0) is 42.7 Å². The number of hydrogen-bond acceptors (Lipinski definition) is 1. The van der Waals surface area contributed by atoms with Gasteiger partial charge < -0.3 is 12.4 Å². The van der Waals surface area contributed by atoms with E-state index in [0.717, 1.165) is 11.3 Å². The zero-order valence-corrected chi connectivity index (χ0v) is 17.3. The molecule has 0 bridgehead atoms. The van der Waals surface area contributed by atoms with E-state index in [4.69, 9.17) is 0 Å². The van der Waals surface area contributed by atoms with E-state index in [1.54, 1.807) is 5.57 Å². The molecule has 0 radical (unpaired) electrons. The number of halogens is 1. The first kappa shape index (κ1) is 20.5. The normalized spacial score (nSPS) is 17.3. The maximum atomic E-state index is 13.1. The van der Waals surface area contributed by atoms with Crippen molar-refractivity contribution in [3.8, 4) is 0 Å². The fourth-order valence-corrected chi connectivity index (χ4v) is 10.6. The second-order valence-corrected chi connectivity index (χ2v) is 15.3. The van der Waals surface area contributed by atoms with Crippen LogP contribution in [0.15, 0.2) is 42.0 Å². The van der Waals surface area contributed by atoms with Gasteiger partial charge in [0.2, 0.25) is 5.78 Å². The molecule has 0 amide bonds. The Balaban J connectivity index is 0.00000264. The van der Waals surface area contributed by atoms with Crippen LogP contribution in [0.1, 0.15) is 36.0 Å². The minimum atomic E-state index is -1.54. The second kappa shape index (κ2) is 9.10. The Morgan fingerprint density at radius 1 is 1.17 bits per heavy atom. The Labute approximate surface area is 151 Å². The van der Waals surface area contributed by atoms with Crippen LogP contribution in [-0.2, 0) is 10.9 Å². The predicted octanol–water partition coefficient (Wildman–Crippen LogP) is 1.87. The fraction of sp³-hybridized carbons (Fsp3) is 0.526. The maximum absolute atomic E-state index is 13.1. The fourth-order valence-electron chi connectivity index (χ4n) is 3.31. The molecule has 0 aliphatic heterocycles. The molecule has 1 aromatic rings. The van der Waals surface area contributed by atoms with E-state index in [0.29, 0.717) is 5.78 Å². The van der Waals surface area contributed by atoms with Crippen molar-refractivity contribution in [3.05, 3.63) is 47.5 Å². The first-order chi connectivity index (χ1) is 10.4. The third-order valence-corrected chi connectivity index (χ3v) is 11.2. The van der Waals surface area contributed by atoms with Gasteiger partial charge in [-0.15, -0.1) is 0 Å². The van der Waals surface area contributed by atoms with Crippen molar-refractivity contribution in [2.75, 3.05) is 12.0 Å². The number of hydrogen-bond donors (Lipinski definition) is 0. The van der Waals surface area contributed by atoms with Crippen molar-refractivity contribution in [2.45, 2.75) is 50.2 Å². The summed E-state index contributed by atoms with van der Waals surface area (Å²) in [5.74, 6) is 1.46. The van der Waals surface area contributed by atoms with Crippen LogP contribution < -0.4 is 12.4 Å². The third-order valence-electron chi connectivity index (χ3n) is 4.37. The molecule has 2 atom stereocenters. The Hall–Kier alpha value is -0.513. The van der Waals surface area contributed by atoms with E-state index in [-0.39, 0.29) is 28.2 Å². The molecule has 0 heterocycles. The standard InChI is InChI=1S/C19H29OSSi.ClH/c1-21(15-14-16-10-8-9-11-16)19(22(2,3)4)18(20)17-12-6-5-7-13-17;/h5-7,12-14,19H,8-11,15H2,1-4H3;1H/q+1;/p-1. The molecule has 0 saturated heterocycles. The molecular formula is C19H29ClOSSi. The highest BCUT2D eigenvalue weighted by Crippen LogP contribution is 2.26. The van der Waals surface area contributed by atoms with Crippen molar-refractivity contribution in [2.24, 2.45) is 0 Å². The van der Waals surface area contributed by atoms with Crippen molar-refractivity contribution in [1.82, 2.24) is 0 Å². The molecule has 0 aromatic heterocycles. The van der Waals surface area contributed by atoms with Gasteiger partial charge in [-0.3, -0.25) is 4.79 Å². The average molecular weight is 369 g/mol. The summed E-state index contributed by atoms with van der Waals surface area (Å²) in [6.45, 7) is 7.01. The summed E-state index contributed by atoms with van der Waals surface area (Å²) in [6.07, 6.45) is 10.0.